The largest absolute Gasteiger partial charge is 0.367 e. The molecule has 0 atom stereocenters. The Morgan fingerprint density at radius 2 is 2.12 bits per heavy atom. The fraction of sp³-hybridized carbons (Fsp3) is 0.357. The highest BCUT2D eigenvalue weighted by Crippen LogP contribution is 2.24. The predicted molar refractivity (Wildman–Crippen MR) is 67.2 cm³/mol. The number of carbonyl (C=O) groups is 1. The molecule has 0 N–H and O–H groups in total. The average Bonchev–Trinajstić information content (AvgIpc) is 2.28. The van der Waals surface area contributed by atoms with Gasteiger partial charge in [0.25, 0.3) is 0 Å². The summed E-state index contributed by atoms with van der Waals surface area (Å²) in [5.74, 6) is 0. The molecule has 0 aromatic heterocycles. The lowest BCUT2D eigenvalue weighted by atomic mass is 10.1. The van der Waals surface area contributed by atoms with Gasteiger partial charge >= 0.3 is 0 Å². The molecule has 0 aliphatic carbocycles. The van der Waals surface area contributed by atoms with Crippen LogP contribution in [0.3, 0.4) is 0 Å². The molecular weight excluding hydrogens is 198 g/mol. The minimum atomic E-state index is 0.755. The third-order valence-corrected chi connectivity index (χ3v) is 3.03. The van der Waals surface area contributed by atoms with E-state index in [1.165, 1.54) is 16.8 Å². The number of aldehydes is 1. The normalized spacial score (nSPS) is 15.9. The first-order valence-corrected chi connectivity index (χ1v) is 5.67. The van der Waals surface area contributed by atoms with Crippen molar-refractivity contribution >= 4 is 12.0 Å². The Morgan fingerprint density at radius 1 is 1.31 bits per heavy atom. The van der Waals surface area contributed by atoms with Gasteiger partial charge in [-0.05, 0) is 44.0 Å². The second kappa shape index (κ2) is 4.52. The maximum absolute atomic E-state index is 10.7. The van der Waals surface area contributed by atoms with Gasteiger partial charge in [-0.25, -0.2) is 0 Å². The van der Waals surface area contributed by atoms with Crippen LogP contribution in [0.4, 0.5) is 5.69 Å². The van der Waals surface area contributed by atoms with E-state index in [1.807, 2.05) is 12.1 Å². The zero-order chi connectivity index (χ0) is 11.5. The molecule has 1 aliphatic rings. The number of benzene rings is 1. The van der Waals surface area contributed by atoms with Crippen LogP contribution in [0.1, 0.15) is 29.3 Å². The number of aryl methyl sites for hydroxylation is 1. The molecule has 1 aliphatic heterocycles. The molecule has 0 fully saturated rings. The van der Waals surface area contributed by atoms with E-state index in [4.69, 9.17) is 0 Å². The van der Waals surface area contributed by atoms with Gasteiger partial charge in [-0.3, -0.25) is 4.79 Å². The topological polar surface area (TPSA) is 20.3 Å². The molecule has 0 bridgehead atoms. The third kappa shape index (κ3) is 2.16. The molecule has 0 saturated heterocycles. The van der Waals surface area contributed by atoms with Gasteiger partial charge in [-0.1, -0.05) is 11.6 Å². The SMILES string of the molecule is CC1=CCCN(c2ccc(C=O)cc2C)C1. The quantitative estimate of drug-likeness (QED) is 0.558. The summed E-state index contributed by atoms with van der Waals surface area (Å²) in [7, 11) is 0. The minimum Gasteiger partial charge on any atom is -0.367 e. The number of hydrogen-bond acceptors (Lipinski definition) is 2. The Hall–Kier alpha value is -1.57. The van der Waals surface area contributed by atoms with E-state index < -0.39 is 0 Å². The van der Waals surface area contributed by atoms with Gasteiger partial charge in [-0.2, -0.15) is 0 Å². The first-order valence-electron chi connectivity index (χ1n) is 5.67. The van der Waals surface area contributed by atoms with E-state index in [2.05, 4.69) is 30.9 Å². The fourth-order valence-corrected chi connectivity index (χ4v) is 2.22. The zero-order valence-corrected chi connectivity index (χ0v) is 9.86. The van der Waals surface area contributed by atoms with E-state index in [-0.39, 0.29) is 0 Å². The van der Waals surface area contributed by atoms with Crippen molar-refractivity contribution in [1.29, 1.82) is 0 Å². The van der Waals surface area contributed by atoms with Crippen molar-refractivity contribution in [2.75, 3.05) is 18.0 Å². The van der Waals surface area contributed by atoms with E-state index in [0.29, 0.717) is 0 Å². The molecule has 0 saturated carbocycles. The van der Waals surface area contributed by atoms with Crippen molar-refractivity contribution in [3.8, 4) is 0 Å². The summed E-state index contributed by atoms with van der Waals surface area (Å²) in [5, 5.41) is 0. The number of carbonyl (C=O) groups excluding carboxylic acids is 1. The van der Waals surface area contributed by atoms with Gasteiger partial charge in [0.1, 0.15) is 6.29 Å². The van der Waals surface area contributed by atoms with Gasteiger partial charge in [0.05, 0.1) is 0 Å². The summed E-state index contributed by atoms with van der Waals surface area (Å²) < 4.78 is 0. The molecule has 0 unspecified atom stereocenters. The summed E-state index contributed by atoms with van der Waals surface area (Å²) in [6.07, 6.45) is 4.31. The van der Waals surface area contributed by atoms with E-state index in [1.54, 1.807) is 0 Å². The molecule has 1 aromatic rings. The molecule has 0 amide bonds. The first kappa shape index (κ1) is 10.9. The molecule has 1 aromatic carbocycles. The molecule has 16 heavy (non-hydrogen) atoms. The van der Waals surface area contributed by atoms with Crippen molar-refractivity contribution in [3.05, 3.63) is 41.0 Å². The maximum Gasteiger partial charge on any atom is 0.150 e. The molecule has 84 valence electrons. The number of anilines is 1. The van der Waals surface area contributed by atoms with Crippen molar-refractivity contribution in [2.24, 2.45) is 0 Å². The molecule has 2 nitrogen and oxygen atoms in total. The van der Waals surface area contributed by atoms with Gasteiger partial charge in [0, 0.05) is 24.3 Å². The van der Waals surface area contributed by atoms with Crippen LogP contribution in [0.2, 0.25) is 0 Å². The minimum absolute atomic E-state index is 0.755. The lowest BCUT2D eigenvalue weighted by molar-refractivity contribution is 0.112. The smallest absolute Gasteiger partial charge is 0.150 e. The highest BCUT2D eigenvalue weighted by atomic mass is 16.1. The summed E-state index contributed by atoms with van der Waals surface area (Å²) >= 11 is 0. The van der Waals surface area contributed by atoms with Crippen LogP contribution in [0.5, 0.6) is 0 Å². The Bertz CT molecular complexity index is 434. The zero-order valence-electron chi connectivity index (χ0n) is 9.86. The molecule has 1 heterocycles. The van der Waals surface area contributed by atoms with Gasteiger partial charge in [0.2, 0.25) is 0 Å². The highest BCUT2D eigenvalue weighted by molar-refractivity contribution is 5.77. The van der Waals surface area contributed by atoms with E-state index in [9.17, 15) is 4.79 Å². The number of rotatable bonds is 2. The monoisotopic (exact) mass is 215 g/mol. The van der Waals surface area contributed by atoms with Gasteiger partial charge in [0.15, 0.2) is 0 Å². The maximum atomic E-state index is 10.7. The Balaban J connectivity index is 2.27. The average molecular weight is 215 g/mol. The second-order valence-corrected chi connectivity index (χ2v) is 4.42. The third-order valence-electron chi connectivity index (χ3n) is 3.03. The van der Waals surface area contributed by atoms with Crippen LogP contribution in [0.15, 0.2) is 29.8 Å². The molecule has 0 spiro atoms. The highest BCUT2D eigenvalue weighted by Gasteiger charge is 2.12. The number of hydrogen-bond donors (Lipinski definition) is 0. The second-order valence-electron chi connectivity index (χ2n) is 4.42. The van der Waals surface area contributed by atoms with Crippen molar-refractivity contribution in [2.45, 2.75) is 20.3 Å². The Labute approximate surface area is 96.6 Å². The lowest BCUT2D eigenvalue weighted by Crippen LogP contribution is -2.29. The molecular formula is C14H17NO. The summed E-state index contributed by atoms with van der Waals surface area (Å²) in [5.41, 5.74) is 4.60. The van der Waals surface area contributed by atoms with Crippen molar-refractivity contribution in [3.63, 3.8) is 0 Å². The molecule has 2 rings (SSSR count). The lowest BCUT2D eigenvalue weighted by Gasteiger charge is -2.29. The Morgan fingerprint density at radius 3 is 2.75 bits per heavy atom. The van der Waals surface area contributed by atoms with E-state index in [0.717, 1.165) is 31.4 Å². The van der Waals surface area contributed by atoms with Gasteiger partial charge < -0.3 is 4.90 Å². The van der Waals surface area contributed by atoms with Crippen LogP contribution in [-0.2, 0) is 0 Å². The van der Waals surface area contributed by atoms with Crippen LogP contribution >= 0.6 is 0 Å². The summed E-state index contributed by atoms with van der Waals surface area (Å²) in [4.78, 5) is 13.0. The van der Waals surface area contributed by atoms with Crippen molar-refractivity contribution in [1.82, 2.24) is 0 Å². The van der Waals surface area contributed by atoms with Crippen LogP contribution < -0.4 is 4.90 Å². The molecule has 0 radical (unpaired) electrons. The van der Waals surface area contributed by atoms with Crippen LogP contribution in [-0.4, -0.2) is 19.4 Å². The van der Waals surface area contributed by atoms with Crippen molar-refractivity contribution < 1.29 is 4.79 Å². The Kier molecular flexibility index (Phi) is 3.09. The predicted octanol–water partition coefficient (Wildman–Crippen LogP) is 2.96. The number of nitrogens with zero attached hydrogens (tertiary/aromatic N) is 1. The standard InChI is InChI=1S/C14H17NO/c1-11-4-3-7-15(9-11)14-6-5-13(10-16)8-12(14)2/h4-6,8,10H,3,7,9H2,1-2H3. The fourth-order valence-electron chi connectivity index (χ4n) is 2.22. The summed E-state index contributed by atoms with van der Waals surface area (Å²) in [6, 6.07) is 5.90. The first-order chi connectivity index (χ1) is 7.70. The molecule has 2 heteroatoms. The summed E-state index contributed by atoms with van der Waals surface area (Å²) in [6.45, 7) is 6.30. The van der Waals surface area contributed by atoms with Crippen LogP contribution in [0.25, 0.3) is 0 Å². The van der Waals surface area contributed by atoms with E-state index >= 15 is 0 Å². The van der Waals surface area contributed by atoms with Gasteiger partial charge in [-0.15, -0.1) is 0 Å². The van der Waals surface area contributed by atoms with Crippen LogP contribution in [0, 0.1) is 6.92 Å².